The topological polar surface area (TPSA) is 58.1 Å². The first-order chi connectivity index (χ1) is 10.5. The Morgan fingerprint density at radius 1 is 1.45 bits per heavy atom. The van der Waals surface area contributed by atoms with Gasteiger partial charge in [-0.2, -0.15) is 0 Å². The molecule has 5 heteroatoms. The van der Waals surface area contributed by atoms with Crippen LogP contribution in [0.2, 0.25) is 0 Å². The third-order valence-corrected chi connectivity index (χ3v) is 4.18. The van der Waals surface area contributed by atoms with Gasteiger partial charge >= 0.3 is 0 Å². The molecular formula is C17H28N4O. The minimum atomic E-state index is 0.0589. The van der Waals surface area contributed by atoms with E-state index in [0.717, 1.165) is 56.1 Å². The fraction of sp³-hybridized carbons (Fsp3) is 0.706. The van der Waals surface area contributed by atoms with Crippen LogP contribution in [0.15, 0.2) is 6.07 Å². The highest BCUT2D eigenvalue weighted by Gasteiger charge is 2.27. The van der Waals surface area contributed by atoms with Crippen molar-refractivity contribution in [1.29, 1.82) is 0 Å². The number of aromatic nitrogens is 2. The number of nitrogens with one attached hydrogen (secondary N) is 1. The molecule has 2 rings (SSSR count). The van der Waals surface area contributed by atoms with E-state index >= 15 is 0 Å². The number of hydrogen-bond donors (Lipinski definition) is 1. The van der Waals surface area contributed by atoms with Gasteiger partial charge in [-0.25, -0.2) is 9.97 Å². The maximum atomic E-state index is 12.4. The van der Waals surface area contributed by atoms with Crippen LogP contribution in [0.5, 0.6) is 0 Å². The fourth-order valence-corrected chi connectivity index (χ4v) is 3.12. The predicted molar refractivity (Wildman–Crippen MR) is 89.0 cm³/mol. The van der Waals surface area contributed by atoms with E-state index < -0.39 is 0 Å². The van der Waals surface area contributed by atoms with E-state index in [0.29, 0.717) is 0 Å². The minimum Gasteiger partial charge on any atom is -0.356 e. The number of rotatable bonds is 5. The fourth-order valence-electron chi connectivity index (χ4n) is 3.12. The summed E-state index contributed by atoms with van der Waals surface area (Å²) in [5.74, 6) is 1.99. The molecule has 2 heterocycles. The molecule has 1 aliphatic heterocycles. The summed E-state index contributed by atoms with van der Waals surface area (Å²) in [5, 5.41) is 3.15. The Balaban J connectivity index is 2.00. The Hall–Kier alpha value is -1.65. The monoisotopic (exact) mass is 304 g/mol. The van der Waals surface area contributed by atoms with Gasteiger partial charge in [-0.1, -0.05) is 13.3 Å². The van der Waals surface area contributed by atoms with Crippen LogP contribution in [0.25, 0.3) is 0 Å². The lowest BCUT2D eigenvalue weighted by Crippen LogP contribution is -2.45. The summed E-state index contributed by atoms with van der Waals surface area (Å²) in [7, 11) is 0. The van der Waals surface area contributed by atoms with Gasteiger partial charge in [0.25, 0.3) is 0 Å². The van der Waals surface area contributed by atoms with Crippen molar-refractivity contribution < 1.29 is 4.79 Å². The van der Waals surface area contributed by atoms with E-state index in [2.05, 4.69) is 34.0 Å². The third kappa shape index (κ3) is 4.42. The zero-order valence-electron chi connectivity index (χ0n) is 14.2. The van der Waals surface area contributed by atoms with Crippen molar-refractivity contribution in [2.24, 2.45) is 5.92 Å². The van der Waals surface area contributed by atoms with Gasteiger partial charge in [0, 0.05) is 30.9 Å². The second kappa shape index (κ2) is 7.56. The summed E-state index contributed by atoms with van der Waals surface area (Å²) >= 11 is 0. The SMILES string of the molecule is CCCC(C)NC(=O)C1CCCN(c2cc(C)nc(C)n2)C1. The zero-order chi connectivity index (χ0) is 16.1. The van der Waals surface area contributed by atoms with E-state index in [9.17, 15) is 4.79 Å². The van der Waals surface area contributed by atoms with Gasteiger partial charge in [0.05, 0.1) is 5.92 Å². The lowest BCUT2D eigenvalue weighted by Gasteiger charge is -2.33. The molecule has 0 aliphatic carbocycles. The molecule has 1 saturated heterocycles. The molecule has 0 aromatic carbocycles. The Morgan fingerprint density at radius 2 is 2.23 bits per heavy atom. The van der Waals surface area contributed by atoms with Crippen LogP contribution in [0, 0.1) is 19.8 Å². The lowest BCUT2D eigenvalue weighted by atomic mass is 9.96. The Morgan fingerprint density at radius 3 is 2.91 bits per heavy atom. The first-order valence-electron chi connectivity index (χ1n) is 8.37. The van der Waals surface area contributed by atoms with Crippen molar-refractivity contribution in [2.75, 3.05) is 18.0 Å². The maximum Gasteiger partial charge on any atom is 0.225 e. The average Bonchev–Trinajstić information content (AvgIpc) is 2.46. The van der Waals surface area contributed by atoms with Gasteiger partial charge in [-0.15, -0.1) is 0 Å². The molecule has 2 atom stereocenters. The molecule has 22 heavy (non-hydrogen) atoms. The van der Waals surface area contributed by atoms with E-state index in [-0.39, 0.29) is 17.9 Å². The quantitative estimate of drug-likeness (QED) is 0.908. The summed E-state index contributed by atoms with van der Waals surface area (Å²) in [6.07, 6.45) is 4.12. The highest BCUT2D eigenvalue weighted by Crippen LogP contribution is 2.22. The van der Waals surface area contributed by atoms with Crippen molar-refractivity contribution in [3.05, 3.63) is 17.6 Å². The van der Waals surface area contributed by atoms with Crippen LogP contribution in [0.4, 0.5) is 5.82 Å². The summed E-state index contributed by atoms with van der Waals surface area (Å²) in [6.45, 7) is 9.84. The number of aryl methyl sites for hydroxylation is 2. The van der Waals surface area contributed by atoms with Crippen LogP contribution in [-0.4, -0.2) is 35.0 Å². The van der Waals surface area contributed by atoms with Gasteiger partial charge in [-0.3, -0.25) is 4.79 Å². The molecule has 1 aromatic rings. The molecule has 1 amide bonds. The highest BCUT2D eigenvalue weighted by molar-refractivity contribution is 5.79. The molecule has 0 saturated carbocycles. The molecule has 122 valence electrons. The molecule has 1 aromatic heterocycles. The van der Waals surface area contributed by atoms with Crippen molar-refractivity contribution in [3.63, 3.8) is 0 Å². The van der Waals surface area contributed by atoms with Crippen LogP contribution >= 0.6 is 0 Å². The number of hydrogen-bond acceptors (Lipinski definition) is 4. The van der Waals surface area contributed by atoms with E-state index in [4.69, 9.17) is 0 Å². The van der Waals surface area contributed by atoms with Crippen molar-refractivity contribution in [3.8, 4) is 0 Å². The lowest BCUT2D eigenvalue weighted by molar-refractivity contribution is -0.125. The van der Waals surface area contributed by atoms with Gasteiger partial charge in [0.2, 0.25) is 5.91 Å². The second-order valence-corrected chi connectivity index (χ2v) is 6.40. The average molecular weight is 304 g/mol. The van der Waals surface area contributed by atoms with E-state index in [1.807, 2.05) is 19.9 Å². The number of nitrogens with zero attached hydrogens (tertiary/aromatic N) is 3. The van der Waals surface area contributed by atoms with E-state index in [1.54, 1.807) is 0 Å². The van der Waals surface area contributed by atoms with Gasteiger partial charge in [-0.05, 0) is 40.0 Å². The highest BCUT2D eigenvalue weighted by atomic mass is 16.2. The molecule has 1 N–H and O–H groups in total. The van der Waals surface area contributed by atoms with Crippen molar-refractivity contribution >= 4 is 11.7 Å². The van der Waals surface area contributed by atoms with Crippen LogP contribution in [0.1, 0.15) is 51.0 Å². The maximum absolute atomic E-state index is 12.4. The van der Waals surface area contributed by atoms with Crippen molar-refractivity contribution in [1.82, 2.24) is 15.3 Å². The Labute approximate surface area is 133 Å². The van der Waals surface area contributed by atoms with Crippen molar-refractivity contribution in [2.45, 2.75) is 59.4 Å². The molecule has 0 radical (unpaired) electrons. The molecule has 0 bridgehead atoms. The minimum absolute atomic E-state index is 0.0589. The Bertz CT molecular complexity index is 497. The van der Waals surface area contributed by atoms with Crippen LogP contribution in [-0.2, 0) is 4.79 Å². The number of piperidine rings is 1. The first kappa shape index (κ1) is 16.7. The summed E-state index contributed by atoms with van der Waals surface area (Å²) in [6, 6.07) is 2.27. The number of carbonyl (C=O) groups excluding carboxylic acids is 1. The van der Waals surface area contributed by atoms with Crippen LogP contribution < -0.4 is 10.2 Å². The molecule has 0 spiro atoms. The van der Waals surface area contributed by atoms with E-state index in [1.165, 1.54) is 0 Å². The molecule has 5 nitrogen and oxygen atoms in total. The standard InChI is InChI=1S/C17H28N4O/c1-5-7-12(2)19-17(22)15-8-6-9-21(11-15)16-10-13(3)18-14(4)20-16/h10,12,15H,5-9,11H2,1-4H3,(H,19,22). The Kier molecular flexibility index (Phi) is 5.75. The number of anilines is 1. The predicted octanol–water partition coefficient (Wildman–Crippen LogP) is 2.61. The smallest absolute Gasteiger partial charge is 0.225 e. The summed E-state index contributed by atoms with van der Waals surface area (Å²) < 4.78 is 0. The zero-order valence-corrected chi connectivity index (χ0v) is 14.2. The third-order valence-electron chi connectivity index (χ3n) is 4.18. The molecule has 1 aliphatic rings. The summed E-state index contributed by atoms with van der Waals surface area (Å²) in [5.41, 5.74) is 0.977. The van der Waals surface area contributed by atoms with Gasteiger partial charge in [0.15, 0.2) is 0 Å². The van der Waals surface area contributed by atoms with Gasteiger partial charge < -0.3 is 10.2 Å². The largest absolute Gasteiger partial charge is 0.356 e. The molecule has 2 unspecified atom stereocenters. The first-order valence-corrected chi connectivity index (χ1v) is 8.37. The summed E-state index contributed by atoms with van der Waals surface area (Å²) in [4.78, 5) is 23.5. The molecule has 1 fully saturated rings. The van der Waals surface area contributed by atoms with Crippen LogP contribution in [0.3, 0.4) is 0 Å². The van der Waals surface area contributed by atoms with Gasteiger partial charge in [0.1, 0.15) is 11.6 Å². The number of amides is 1. The second-order valence-electron chi connectivity index (χ2n) is 6.40. The normalized spacial score (nSPS) is 19.8. The number of carbonyl (C=O) groups is 1. The molecular weight excluding hydrogens is 276 g/mol.